The molecule has 2 rings (SSSR count). The summed E-state index contributed by atoms with van der Waals surface area (Å²) < 4.78 is 14.0. The summed E-state index contributed by atoms with van der Waals surface area (Å²) >= 11 is 4.74. The summed E-state index contributed by atoms with van der Waals surface area (Å²) in [5.74, 6) is -0.281. The number of nitrogens with zero attached hydrogens (tertiary/aromatic N) is 2. The molecule has 0 saturated carbocycles. The Labute approximate surface area is 118 Å². The van der Waals surface area contributed by atoms with Crippen molar-refractivity contribution in [2.45, 2.75) is 26.4 Å². The van der Waals surface area contributed by atoms with Crippen LogP contribution in [0.5, 0.6) is 0 Å². The molecule has 0 aliphatic rings. The maximum Gasteiger partial charge on any atom is 0.147 e. The summed E-state index contributed by atoms with van der Waals surface area (Å²) in [5.41, 5.74) is 0.746. The van der Waals surface area contributed by atoms with Crippen molar-refractivity contribution < 1.29 is 4.39 Å². The summed E-state index contributed by atoms with van der Waals surface area (Å²) in [4.78, 5) is 0. The molecule has 0 radical (unpaired) electrons. The topological polar surface area (TPSA) is 37.8 Å². The molecular formula is C12H13BrFN3S. The van der Waals surface area contributed by atoms with Crippen molar-refractivity contribution in [2.75, 3.05) is 0 Å². The third-order valence-corrected chi connectivity index (χ3v) is 3.67. The molecule has 1 heterocycles. The van der Waals surface area contributed by atoms with Crippen molar-refractivity contribution in [3.63, 3.8) is 0 Å². The predicted octanol–water partition coefficient (Wildman–Crippen LogP) is 3.60. The second kappa shape index (κ2) is 5.86. The molecule has 0 spiro atoms. The molecule has 1 N–H and O–H groups in total. The van der Waals surface area contributed by atoms with Gasteiger partial charge in [-0.25, -0.2) is 4.39 Å². The van der Waals surface area contributed by atoms with Gasteiger partial charge in [0.25, 0.3) is 0 Å². The zero-order chi connectivity index (χ0) is 13.1. The van der Waals surface area contributed by atoms with Gasteiger partial charge in [0.1, 0.15) is 15.8 Å². The van der Waals surface area contributed by atoms with Crippen LogP contribution >= 0.6 is 27.3 Å². The first-order valence-electron chi connectivity index (χ1n) is 5.57. The standard InChI is InChI=1S/C12H13BrFN3S/c1-7(2)15-6-11-16-17-12(18-11)8-3-9(13)5-10(14)4-8/h3-5,7,15H,6H2,1-2H3. The van der Waals surface area contributed by atoms with E-state index in [0.29, 0.717) is 17.1 Å². The zero-order valence-corrected chi connectivity index (χ0v) is 12.5. The van der Waals surface area contributed by atoms with E-state index < -0.39 is 0 Å². The Hall–Kier alpha value is -0.850. The highest BCUT2D eigenvalue weighted by atomic mass is 79.9. The minimum atomic E-state index is -0.281. The molecule has 0 aliphatic heterocycles. The lowest BCUT2D eigenvalue weighted by molar-refractivity contribution is 0.585. The van der Waals surface area contributed by atoms with Gasteiger partial charge >= 0.3 is 0 Å². The Morgan fingerprint density at radius 3 is 2.78 bits per heavy atom. The van der Waals surface area contributed by atoms with Gasteiger partial charge in [-0.15, -0.1) is 10.2 Å². The van der Waals surface area contributed by atoms with Gasteiger partial charge in [0.05, 0.1) is 0 Å². The lowest BCUT2D eigenvalue weighted by atomic mass is 10.2. The van der Waals surface area contributed by atoms with E-state index in [4.69, 9.17) is 0 Å². The van der Waals surface area contributed by atoms with Gasteiger partial charge in [-0.05, 0) is 18.2 Å². The molecule has 0 atom stereocenters. The fourth-order valence-electron chi connectivity index (χ4n) is 1.41. The highest BCUT2D eigenvalue weighted by molar-refractivity contribution is 9.10. The minimum Gasteiger partial charge on any atom is -0.308 e. The molecule has 0 bridgehead atoms. The fourth-order valence-corrected chi connectivity index (χ4v) is 2.65. The Kier molecular flexibility index (Phi) is 4.42. The molecule has 0 amide bonds. The van der Waals surface area contributed by atoms with Gasteiger partial charge in [-0.3, -0.25) is 0 Å². The summed E-state index contributed by atoms with van der Waals surface area (Å²) in [7, 11) is 0. The summed E-state index contributed by atoms with van der Waals surface area (Å²) in [5, 5.41) is 13.1. The van der Waals surface area contributed by atoms with Gasteiger partial charge in [0.2, 0.25) is 0 Å². The maximum atomic E-state index is 13.3. The number of halogens is 2. The van der Waals surface area contributed by atoms with E-state index in [0.717, 1.165) is 15.6 Å². The van der Waals surface area contributed by atoms with Crippen molar-refractivity contribution in [3.8, 4) is 10.6 Å². The average molecular weight is 330 g/mol. The first kappa shape index (κ1) is 13.6. The molecule has 0 unspecified atom stereocenters. The molecule has 18 heavy (non-hydrogen) atoms. The first-order chi connectivity index (χ1) is 8.54. The zero-order valence-electron chi connectivity index (χ0n) is 10.1. The van der Waals surface area contributed by atoms with E-state index in [2.05, 4.69) is 45.3 Å². The molecule has 6 heteroatoms. The van der Waals surface area contributed by atoms with Crippen LogP contribution in [0.1, 0.15) is 18.9 Å². The molecule has 0 aliphatic carbocycles. The Morgan fingerprint density at radius 2 is 2.11 bits per heavy atom. The monoisotopic (exact) mass is 329 g/mol. The van der Waals surface area contributed by atoms with Crippen LogP contribution in [0.15, 0.2) is 22.7 Å². The van der Waals surface area contributed by atoms with Crippen molar-refractivity contribution in [1.82, 2.24) is 15.5 Å². The predicted molar refractivity (Wildman–Crippen MR) is 75.0 cm³/mol. The van der Waals surface area contributed by atoms with E-state index in [-0.39, 0.29) is 5.82 Å². The minimum absolute atomic E-state index is 0.281. The van der Waals surface area contributed by atoms with Gasteiger partial charge < -0.3 is 5.32 Å². The van der Waals surface area contributed by atoms with E-state index in [1.165, 1.54) is 23.5 Å². The highest BCUT2D eigenvalue weighted by Gasteiger charge is 2.09. The Morgan fingerprint density at radius 1 is 1.33 bits per heavy atom. The summed E-state index contributed by atoms with van der Waals surface area (Å²) in [6, 6.07) is 5.13. The molecule has 0 saturated heterocycles. The van der Waals surface area contributed by atoms with Gasteiger partial charge in [0.15, 0.2) is 0 Å². The Bertz CT molecular complexity index is 522. The van der Waals surface area contributed by atoms with Crippen molar-refractivity contribution >= 4 is 27.3 Å². The molecule has 1 aromatic carbocycles. The van der Waals surface area contributed by atoms with Gasteiger partial charge in [0, 0.05) is 22.6 Å². The summed E-state index contributed by atoms with van der Waals surface area (Å²) in [6.07, 6.45) is 0. The highest BCUT2D eigenvalue weighted by Crippen LogP contribution is 2.27. The van der Waals surface area contributed by atoms with Crippen LogP contribution in [0, 0.1) is 5.82 Å². The molecule has 3 nitrogen and oxygen atoms in total. The third-order valence-electron chi connectivity index (χ3n) is 2.24. The average Bonchev–Trinajstić information content (AvgIpc) is 2.73. The second-order valence-electron chi connectivity index (χ2n) is 4.19. The van der Waals surface area contributed by atoms with Crippen LogP contribution in [0.3, 0.4) is 0 Å². The molecule has 0 fully saturated rings. The smallest absolute Gasteiger partial charge is 0.147 e. The van der Waals surface area contributed by atoms with E-state index in [1.54, 1.807) is 0 Å². The lowest BCUT2D eigenvalue weighted by Crippen LogP contribution is -2.21. The molecule has 2 aromatic rings. The number of benzene rings is 1. The molecule has 96 valence electrons. The largest absolute Gasteiger partial charge is 0.308 e. The van der Waals surface area contributed by atoms with Crippen LogP contribution in [0.4, 0.5) is 4.39 Å². The van der Waals surface area contributed by atoms with Crippen LogP contribution in [0.25, 0.3) is 10.6 Å². The van der Waals surface area contributed by atoms with Crippen molar-refractivity contribution in [3.05, 3.63) is 33.5 Å². The fraction of sp³-hybridized carbons (Fsp3) is 0.333. The van der Waals surface area contributed by atoms with Crippen LogP contribution in [-0.2, 0) is 6.54 Å². The molecule has 1 aromatic heterocycles. The maximum absolute atomic E-state index is 13.3. The van der Waals surface area contributed by atoms with Gasteiger partial charge in [-0.1, -0.05) is 41.1 Å². The first-order valence-corrected chi connectivity index (χ1v) is 7.18. The quantitative estimate of drug-likeness (QED) is 0.931. The number of hydrogen-bond donors (Lipinski definition) is 1. The van der Waals surface area contributed by atoms with Crippen molar-refractivity contribution in [2.24, 2.45) is 0 Å². The second-order valence-corrected chi connectivity index (χ2v) is 6.17. The van der Waals surface area contributed by atoms with E-state index in [1.807, 2.05) is 6.07 Å². The van der Waals surface area contributed by atoms with Crippen LogP contribution < -0.4 is 5.32 Å². The number of aromatic nitrogens is 2. The number of hydrogen-bond acceptors (Lipinski definition) is 4. The number of nitrogens with one attached hydrogen (secondary N) is 1. The Balaban J connectivity index is 2.18. The molecular weight excluding hydrogens is 317 g/mol. The lowest BCUT2D eigenvalue weighted by Gasteiger charge is -2.03. The SMILES string of the molecule is CC(C)NCc1nnc(-c2cc(F)cc(Br)c2)s1. The van der Waals surface area contributed by atoms with Crippen LogP contribution in [-0.4, -0.2) is 16.2 Å². The number of rotatable bonds is 4. The third kappa shape index (κ3) is 3.57. The summed E-state index contributed by atoms with van der Waals surface area (Å²) in [6.45, 7) is 4.84. The van der Waals surface area contributed by atoms with Gasteiger partial charge in [-0.2, -0.15) is 0 Å². The van der Waals surface area contributed by atoms with Crippen LogP contribution in [0.2, 0.25) is 0 Å². The van der Waals surface area contributed by atoms with E-state index in [9.17, 15) is 4.39 Å². The normalized spacial score (nSPS) is 11.2. The van der Waals surface area contributed by atoms with E-state index >= 15 is 0 Å². The van der Waals surface area contributed by atoms with Crippen molar-refractivity contribution in [1.29, 1.82) is 0 Å².